The Morgan fingerprint density at radius 1 is 1.32 bits per heavy atom. The summed E-state index contributed by atoms with van der Waals surface area (Å²) in [6.45, 7) is 6.35. The van der Waals surface area contributed by atoms with E-state index in [1.807, 2.05) is 31.2 Å². The first-order valence-electron chi connectivity index (χ1n) is 6.35. The average Bonchev–Trinajstić information content (AvgIpc) is 2.83. The number of furan rings is 1. The van der Waals surface area contributed by atoms with Gasteiger partial charge in [-0.25, -0.2) is 0 Å². The number of nitrogens with one attached hydrogen (secondary N) is 1. The van der Waals surface area contributed by atoms with Gasteiger partial charge in [-0.3, -0.25) is 0 Å². The molecule has 1 N–H and O–H groups in total. The number of benzene rings is 1. The lowest BCUT2D eigenvalue weighted by Gasteiger charge is -2.06. The van der Waals surface area contributed by atoms with Gasteiger partial charge in [0.15, 0.2) is 0 Å². The van der Waals surface area contributed by atoms with Crippen molar-refractivity contribution >= 4 is 15.9 Å². The van der Waals surface area contributed by atoms with Crippen LogP contribution in [-0.2, 0) is 13.2 Å². The maximum atomic E-state index is 5.73. The molecule has 0 saturated heterocycles. The molecule has 1 aromatic heterocycles. The summed E-state index contributed by atoms with van der Waals surface area (Å²) >= 11 is 3.49. The van der Waals surface area contributed by atoms with Crippen LogP contribution in [0.3, 0.4) is 0 Å². The van der Waals surface area contributed by atoms with Gasteiger partial charge in [-0.2, -0.15) is 0 Å². The Hall–Kier alpha value is -1.26. The molecule has 0 amide bonds. The predicted molar refractivity (Wildman–Crippen MR) is 79.3 cm³/mol. The molecule has 2 aromatic rings. The smallest absolute Gasteiger partial charge is 0.146 e. The van der Waals surface area contributed by atoms with E-state index in [2.05, 4.69) is 28.2 Å². The van der Waals surface area contributed by atoms with Crippen molar-refractivity contribution in [2.24, 2.45) is 0 Å². The van der Waals surface area contributed by atoms with Crippen molar-refractivity contribution in [1.82, 2.24) is 5.32 Å². The van der Waals surface area contributed by atoms with E-state index in [4.69, 9.17) is 9.15 Å². The van der Waals surface area contributed by atoms with Crippen LogP contribution >= 0.6 is 15.9 Å². The number of hydrogen-bond acceptors (Lipinski definition) is 3. The van der Waals surface area contributed by atoms with Crippen LogP contribution in [0.15, 0.2) is 39.4 Å². The molecule has 1 aromatic carbocycles. The Kier molecular flexibility index (Phi) is 5.05. The molecule has 1 heterocycles. The quantitative estimate of drug-likeness (QED) is 0.871. The van der Waals surface area contributed by atoms with Crippen molar-refractivity contribution in [2.75, 3.05) is 6.54 Å². The van der Waals surface area contributed by atoms with Crippen LogP contribution in [0.5, 0.6) is 5.75 Å². The molecule has 102 valence electrons. The largest absolute Gasteiger partial charge is 0.484 e. The highest BCUT2D eigenvalue weighted by molar-refractivity contribution is 9.10. The van der Waals surface area contributed by atoms with Gasteiger partial charge in [-0.15, -0.1) is 0 Å². The van der Waals surface area contributed by atoms with Crippen LogP contribution in [0, 0.1) is 6.92 Å². The topological polar surface area (TPSA) is 34.4 Å². The minimum atomic E-state index is 0.438. The Labute approximate surface area is 122 Å². The zero-order chi connectivity index (χ0) is 13.7. The van der Waals surface area contributed by atoms with Crippen molar-refractivity contribution in [3.8, 4) is 5.75 Å². The van der Waals surface area contributed by atoms with Crippen LogP contribution in [-0.4, -0.2) is 6.54 Å². The minimum absolute atomic E-state index is 0.438. The van der Waals surface area contributed by atoms with Crippen molar-refractivity contribution in [2.45, 2.75) is 27.0 Å². The maximum Gasteiger partial charge on any atom is 0.146 e. The van der Waals surface area contributed by atoms with Crippen molar-refractivity contribution in [3.63, 3.8) is 0 Å². The van der Waals surface area contributed by atoms with E-state index < -0.39 is 0 Å². The molecule has 0 aliphatic rings. The van der Waals surface area contributed by atoms with E-state index in [0.29, 0.717) is 6.61 Å². The third-order valence-corrected chi connectivity index (χ3v) is 3.36. The first-order valence-corrected chi connectivity index (χ1v) is 7.14. The fourth-order valence-corrected chi connectivity index (χ4v) is 2.34. The second-order valence-corrected chi connectivity index (χ2v) is 5.28. The highest BCUT2D eigenvalue weighted by Crippen LogP contribution is 2.26. The number of hydrogen-bond donors (Lipinski definition) is 1. The number of rotatable bonds is 6. The summed E-state index contributed by atoms with van der Waals surface area (Å²) in [4.78, 5) is 0. The van der Waals surface area contributed by atoms with Crippen LogP contribution < -0.4 is 10.1 Å². The molecule has 0 bridgehead atoms. The van der Waals surface area contributed by atoms with Crippen molar-refractivity contribution < 1.29 is 9.15 Å². The zero-order valence-electron chi connectivity index (χ0n) is 11.2. The van der Waals surface area contributed by atoms with Gasteiger partial charge in [-0.1, -0.05) is 13.0 Å². The fourth-order valence-electron chi connectivity index (χ4n) is 1.74. The second-order valence-electron chi connectivity index (χ2n) is 4.42. The van der Waals surface area contributed by atoms with Gasteiger partial charge >= 0.3 is 0 Å². The third kappa shape index (κ3) is 4.11. The summed E-state index contributed by atoms with van der Waals surface area (Å²) in [5.74, 6) is 1.66. The Morgan fingerprint density at radius 3 is 2.89 bits per heavy atom. The SMILES string of the molecule is CCNCc1coc(COc2ccc(C)cc2Br)c1. The van der Waals surface area contributed by atoms with Gasteiger partial charge in [0.25, 0.3) is 0 Å². The molecule has 3 nitrogen and oxygen atoms in total. The van der Waals surface area contributed by atoms with Gasteiger partial charge < -0.3 is 14.5 Å². The van der Waals surface area contributed by atoms with E-state index in [-0.39, 0.29) is 0 Å². The van der Waals surface area contributed by atoms with Crippen molar-refractivity contribution in [1.29, 1.82) is 0 Å². The normalized spacial score (nSPS) is 10.7. The summed E-state index contributed by atoms with van der Waals surface area (Å²) in [6.07, 6.45) is 1.77. The molecule has 0 atom stereocenters. The maximum absolute atomic E-state index is 5.73. The van der Waals surface area contributed by atoms with Gasteiger partial charge in [0, 0.05) is 12.1 Å². The standard InChI is InChI=1S/C15H18BrNO2/c1-3-17-8-12-7-13(18-9-12)10-19-15-5-4-11(2)6-14(15)16/h4-7,9,17H,3,8,10H2,1-2H3. The molecule has 4 heteroatoms. The summed E-state index contributed by atoms with van der Waals surface area (Å²) < 4.78 is 12.2. The second kappa shape index (κ2) is 6.78. The van der Waals surface area contributed by atoms with Crippen molar-refractivity contribution in [3.05, 3.63) is 51.9 Å². The van der Waals surface area contributed by atoms with Crippen LogP contribution in [0.4, 0.5) is 0 Å². The molecule has 0 aliphatic heterocycles. The van der Waals surface area contributed by atoms with E-state index in [1.165, 1.54) is 5.56 Å². The lowest BCUT2D eigenvalue weighted by atomic mass is 10.2. The molecule has 0 fully saturated rings. The van der Waals surface area contributed by atoms with Gasteiger partial charge in [0.05, 0.1) is 10.7 Å². The predicted octanol–water partition coefficient (Wildman–Crippen LogP) is 4.04. The van der Waals surface area contributed by atoms with Crippen LogP contribution in [0.2, 0.25) is 0 Å². The highest BCUT2D eigenvalue weighted by Gasteiger charge is 2.05. The molecule has 19 heavy (non-hydrogen) atoms. The summed E-state index contributed by atoms with van der Waals surface area (Å²) in [6, 6.07) is 8.04. The lowest BCUT2D eigenvalue weighted by molar-refractivity contribution is 0.268. The Morgan fingerprint density at radius 2 is 2.16 bits per heavy atom. The molecule has 0 saturated carbocycles. The number of aryl methyl sites for hydroxylation is 1. The molecule has 0 unspecified atom stereocenters. The van der Waals surface area contributed by atoms with Crippen LogP contribution in [0.1, 0.15) is 23.8 Å². The molecule has 2 rings (SSSR count). The number of ether oxygens (including phenoxy) is 1. The first-order chi connectivity index (χ1) is 9.19. The van der Waals surface area contributed by atoms with E-state index in [1.54, 1.807) is 6.26 Å². The Balaban J connectivity index is 1.92. The number of halogens is 1. The Bertz CT molecular complexity index is 537. The molecule has 0 radical (unpaired) electrons. The lowest BCUT2D eigenvalue weighted by Crippen LogP contribution is -2.10. The monoisotopic (exact) mass is 323 g/mol. The molecule has 0 aliphatic carbocycles. The zero-order valence-corrected chi connectivity index (χ0v) is 12.8. The first kappa shape index (κ1) is 14.2. The minimum Gasteiger partial charge on any atom is -0.484 e. The average molecular weight is 324 g/mol. The van der Waals surface area contributed by atoms with E-state index >= 15 is 0 Å². The van der Waals surface area contributed by atoms with Gasteiger partial charge in [-0.05, 0) is 53.2 Å². The molecular formula is C15H18BrNO2. The summed E-state index contributed by atoms with van der Waals surface area (Å²) in [7, 11) is 0. The fraction of sp³-hybridized carbons (Fsp3) is 0.333. The molecular weight excluding hydrogens is 306 g/mol. The van der Waals surface area contributed by atoms with E-state index in [9.17, 15) is 0 Å². The van der Waals surface area contributed by atoms with Crippen LogP contribution in [0.25, 0.3) is 0 Å². The third-order valence-electron chi connectivity index (χ3n) is 2.74. The summed E-state index contributed by atoms with van der Waals surface area (Å²) in [5.41, 5.74) is 2.34. The molecule has 0 spiro atoms. The van der Waals surface area contributed by atoms with E-state index in [0.717, 1.165) is 34.6 Å². The highest BCUT2D eigenvalue weighted by atomic mass is 79.9. The van der Waals surface area contributed by atoms with Gasteiger partial charge in [0.1, 0.15) is 18.1 Å². The van der Waals surface area contributed by atoms with Gasteiger partial charge in [0.2, 0.25) is 0 Å². The summed E-state index contributed by atoms with van der Waals surface area (Å²) in [5, 5.41) is 3.26.